The van der Waals surface area contributed by atoms with Crippen molar-refractivity contribution in [2.45, 2.75) is 193 Å². The Kier molecular flexibility index (Phi) is 28.5. The lowest BCUT2D eigenvalue weighted by Crippen LogP contribution is -2.45. The van der Waals surface area contributed by atoms with Crippen molar-refractivity contribution in [1.29, 1.82) is 0 Å². The van der Waals surface area contributed by atoms with Crippen molar-refractivity contribution in [3.05, 3.63) is 0 Å². The van der Waals surface area contributed by atoms with Crippen LogP contribution in [0.2, 0.25) is 0 Å². The molecule has 0 aliphatic carbocycles. The first kappa shape index (κ1) is 35.4. The van der Waals surface area contributed by atoms with Crippen molar-refractivity contribution in [3.63, 3.8) is 0 Å². The Morgan fingerprint density at radius 2 is 0.889 bits per heavy atom. The topological polar surface area (TPSA) is 69.6 Å². The molecule has 0 unspecified atom stereocenters. The Morgan fingerprint density at radius 3 is 1.25 bits per heavy atom. The van der Waals surface area contributed by atoms with Crippen LogP contribution in [0.4, 0.5) is 0 Å². The lowest BCUT2D eigenvalue weighted by atomic mass is 10.0. The van der Waals surface area contributed by atoms with Gasteiger partial charge in [0.25, 0.3) is 0 Å². The number of carbonyl (C=O) groups excluding carboxylic acids is 1. The highest BCUT2D eigenvalue weighted by Crippen LogP contribution is 2.15. The summed E-state index contributed by atoms with van der Waals surface area (Å²) in [6, 6.07) is -0.525. The third-order valence-corrected chi connectivity index (χ3v) is 7.62. The number of aliphatic hydroxyl groups is 2. The number of unbranched alkanes of at least 4 members (excludes halogenated alkanes) is 22. The van der Waals surface area contributed by atoms with Gasteiger partial charge in [-0.1, -0.05) is 162 Å². The van der Waals surface area contributed by atoms with E-state index in [0.29, 0.717) is 12.8 Å². The van der Waals surface area contributed by atoms with Crippen LogP contribution in [0.25, 0.3) is 0 Å². The fourth-order valence-electron chi connectivity index (χ4n) is 5.06. The molecule has 0 saturated carbocycles. The van der Waals surface area contributed by atoms with Gasteiger partial charge in [-0.15, -0.1) is 0 Å². The predicted octanol–water partition coefficient (Wildman–Crippen LogP) is 9.01. The number of amides is 1. The van der Waals surface area contributed by atoms with Gasteiger partial charge < -0.3 is 15.5 Å². The maximum absolute atomic E-state index is 12.2. The molecule has 0 heterocycles. The van der Waals surface area contributed by atoms with E-state index in [4.69, 9.17) is 0 Å². The van der Waals surface area contributed by atoms with Crippen LogP contribution < -0.4 is 5.32 Å². The number of nitrogens with one attached hydrogen (secondary N) is 1. The first-order chi connectivity index (χ1) is 17.7. The standard InChI is InChI=1S/C32H65NO3/c1-3-5-7-9-11-13-15-16-17-18-19-21-23-25-27-31(35)30(29-34)33-32(36)28-26-24-22-20-14-12-10-8-6-4-2/h30-31,34-35H,3-29H2,1-2H3,(H,33,36)/t30-,31+/m0/s1. The van der Waals surface area contributed by atoms with E-state index in [2.05, 4.69) is 19.2 Å². The molecule has 3 N–H and O–H groups in total. The lowest BCUT2D eigenvalue weighted by molar-refractivity contribution is -0.123. The minimum Gasteiger partial charge on any atom is -0.394 e. The van der Waals surface area contributed by atoms with Gasteiger partial charge in [-0.25, -0.2) is 0 Å². The summed E-state index contributed by atoms with van der Waals surface area (Å²) < 4.78 is 0. The second-order valence-corrected chi connectivity index (χ2v) is 11.2. The highest BCUT2D eigenvalue weighted by atomic mass is 16.3. The molecule has 0 bridgehead atoms. The number of aliphatic hydroxyl groups excluding tert-OH is 2. The molecule has 2 atom stereocenters. The fraction of sp³-hybridized carbons (Fsp3) is 0.969. The molecule has 0 aromatic rings. The monoisotopic (exact) mass is 511 g/mol. The average Bonchev–Trinajstić information content (AvgIpc) is 2.88. The van der Waals surface area contributed by atoms with Gasteiger partial charge in [0.2, 0.25) is 5.91 Å². The van der Waals surface area contributed by atoms with Crippen LogP contribution in [0.3, 0.4) is 0 Å². The summed E-state index contributed by atoms with van der Waals surface area (Å²) in [4.78, 5) is 12.2. The molecule has 0 aliphatic heterocycles. The Balaban J connectivity index is 3.56. The lowest BCUT2D eigenvalue weighted by Gasteiger charge is -2.22. The zero-order valence-electron chi connectivity index (χ0n) is 24.5. The van der Waals surface area contributed by atoms with Crippen molar-refractivity contribution in [2.75, 3.05) is 6.61 Å². The molecule has 216 valence electrons. The molecular weight excluding hydrogens is 446 g/mol. The number of hydrogen-bond donors (Lipinski definition) is 3. The average molecular weight is 512 g/mol. The Bertz CT molecular complexity index is 443. The Labute approximate surface area is 225 Å². The van der Waals surface area contributed by atoms with Crippen LogP contribution in [0.5, 0.6) is 0 Å². The van der Waals surface area contributed by atoms with Crippen molar-refractivity contribution < 1.29 is 15.0 Å². The smallest absolute Gasteiger partial charge is 0.220 e. The summed E-state index contributed by atoms with van der Waals surface area (Å²) in [5, 5.41) is 22.9. The van der Waals surface area contributed by atoms with Gasteiger partial charge in [0, 0.05) is 6.42 Å². The summed E-state index contributed by atoms with van der Waals surface area (Å²) >= 11 is 0. The van der Waals surface area contributed by atoms with Crippen LogP contribution in [-0.4, -0.2) is 34.9 Å². The second-order valence-electron chi connectivity index (χ2n) is 11.2. The van der Waals surface area contributed by atoms with Gasteiger partial charge in [-0.3, -0.25) is 4.79 Å². The summed E-state index contributed by atoms with van der Waals surface area (Å²) in [7, 11) is 0. The van der Waals surface area contributed by atoms with Crippen molar-refractivity contribution >= 4 is 5.91 Å². The molecule has 0 aromatic carbocycles. The third-order valence-electron chi connectivity index (χ3n) is 7.62. The SMILES string of the molecule is CCCCCCCCCCCCCCCC[C@@H](O)[C@H](CO)NC(=O)CCCCCCCCCCCC. The summed E-state index contributed by atoms with van der Waals surface area (Å²) in [6.07, 6.45) is 31.4. The van der Waals surface area contributed by atoms with E-state index in [0.717, 1.165) is 25.7 Å². The molecule has 36 heavy (non-hydrogen) atoms. The molecule has 0 fully saturated rings. The van der Waals surface area contributed by atoms with Gasteiger partial charge >= 0.3 is 0 Å². The van der Waals surface area contributed by atoms with Crippen molar-refractivity contribution in [2.24, 2.45) is 0 Å². The number of rotatable bonds is 29. The zero-order chi connectivity index (χ0) is 26.5. The largest absolute Gasteiger partial charge is 0.394 e. The van der Waals surface area contributed by atoms with Crippen LogP contribution >= 0.6 is 0 Å². The molecule has 1 amide bonds. The van der Waals surface area contributed by atoms with Crippen LogP contribution in [0, 0.1) is 0 Å². The van der Waals surface area contributed by atoms with Crippen LogP contribution in [0.15, 0.2) is 0 Å². The highest BCUT2D eigenvalue weighted by Gasteiger charge is 2.19. The molecular formula is C32H65NO3. The van der Waals surface area contributed by atoms with Gasteiger partial charge in [-0.05, 0) is 12.8 Å². The van der Waals surface area contributed by atoms with Crippen LogP contribution in [0.1, 0.15) is 181 Å². The molecule has 0 spiro atoms. The summed E-state index contributed by atoms with van der Waals surface area (Å²) in [6.45, 7) is 4.33. The highest BCUT2D eigenvalue weighted by molar-refractivity contribution is 5.76. The van der Waals surface area contributed by atoms with E-state index >= 15 is 0 Å². The van der Waals surface area contributed by atoms with Crippen molar-refractivity contribution in [3.8, 4) is 0 Å². The molecule has 0 radical (unpaired) electrons. The first-order valence-corrected chi connectivity index (χ1v) is 16.2. The van der Waals surface area contributed by atoms with E-state index in [9.17, 15) is 15.0 Å². The van der Waals surface area contributed by atoms with Crippen LogP contribution in [-0.2, 0) is 4.79 Å². The quantitative estimate of drug-likeness (QED) is 0.0877. The van der Waals surface area contributed by atoms with Gasteiger partial charge in [0.05, 0.1) is 18.8 Å². The summed E-state index contributed by atoms with van der Waals surface area (Å²) in [5.74, 6) is -0.0337. The normalized spacial score (nSPS) is 13.1. The first-order valence-electron chi connectivity index (χ1n) is 16.2. The zero-order valence-corrected chi connectivity index (χ0v) is 24.5. The molecule has 0 aliphatic rings. The van der Waals surface area contributed by atoms with E-state index < -0.39 is 12.1 Å². The second kappa shape index (κ2) is 29.0. The Hall–Kier alpha value is -0.610. The maximum Gasteiger partial charge on any atom is 0.220 e. The molecule has 0 aromatic heterocycles. The number of carbonyl (C=O) groups is 1. The molecule has 0 saturated heterocycles. The minimum absolute atomic E-state index is 0.0337. The molecule has 4 nitrogen and oxygen atoms in total. The fourth-order valence-corrected chi connectivity index (χ4v) is 5.06. The van der Waals surface area contributed by atoms with Crippen molar-refractivity contribution in [1.82, 2.24) is 5.32 Å². The summed E-state index contributed by atoms with van der Waals surface area (Å²) in [5.41, 5.74) is 0. The molecule has 0 rings (SSSR count). The van der Waals surface area contributed by atoms with E-state index in [-0.39, 0.29) is 12.5 Å². The predicted molar refractivity (Wildman–Crippen MR) is 156 cm³/mol. The Morgan fingerprint density at radius 1 is 0.556 bits per heavy atom. The minimum atomic E-state index is -0.649. The molecule has 4 heteroatoms. The maximum atomic E-state index is 12.2. The number of hydrogen-bond acceptors (Lipinski definition) is 3. The van der Waals surface area contributed by atoms with E-state index in [1.165, 1.54) is 128 Å². The van der Waals surface area contributed by atoms with E-state index in [1.807, 2.05) is 0 Å². The van der Waals surface area contributed by atoms with Gasteiger partial charge in [0.15, 0.2) is 0 Å². The van der Waals surface area contributed by atoms with E-state index in [1.54, 1.807) is 0 Å². The van der Waals surface area contributed by atoms with Gasteiger partial charge in [-0.2, -0.15) is 0 Å². The van der Waals surface area contributed by atoms with Gasteiger partial charge in [0.1, 0.15) is 0 Å². The third kappa shape index (κ3) is 25.1.